The molecular formula is C16H16O8. The first-order valence-electron chi connectivity index (χ1n) is 6.58. The van der Waals surface area contributed by atoms with Crippen LogP contribution in [0.1, 0.15) is 0 Å². The number of carbonyl (C=O) groups is 4. The standard InChI is InChI=1S/2C8H8O4/c2*1-11-7-3-6(10)8(12-2)4-5(7)9/h2*3-4H,1-2H3. The normalized spacial score (nSPS) is 16.8. The van der Waals surface area contributed by atoms with Gasteiger partial charge in [0.2, 0.25) is 23.1 Å². The molecule has 0 radical (unpaired) electrons. The zero-order valence-corrected chi connectivity index (χ0v) is 13.6. The Morgan fingerprint density at radius 1 is 0.458 bits per heavy atom. The Hall–Kier alpha value is -3.16. The molecule has 8 nitrogen and oxygen atoms in total. The van der Waals surface area contributed by atoms with Gasteiger partial charge < -0.3 is 18.9 Å². The maximum atomic E-state index is 11.0. The van der Waals surface area contributed by atoms with Crippen LogP contribution >= 0.6 is 0 Å². The average Bonchev–Trinajstić information content (AvgIpc) is 2.58. The van der Waals surface area contributed by atoms with E-state index in [4.69, 9.17) is 0 Å². The summed E-state index contributed by atoms with van der Waals surface area (Å²) in [5.74, 6) is -1.24. The topological polar surface area (TPSA) is 105 Å². The van der Waals surface area contributed by atoms with Gasteiger partial charge in [0.25, 0.3) is 0 Å². The van der Waals surface area contributed by atoms with Gasteiger partial charge in [0, 0.05) is 24.3 Å². The Balaban J connectivity index is 0.000000240. The van der Waals surface area contributed by atoms with Crippen LogP contribution in [0.2, 0.25) is 0 Å². The Labute approximate surface area is 138 Å². The molecule has 0 bridgehead atoms. The summed E-state index contributed by atoms with van der Waals surface area (Å²) in [6, 6.07) is 0. The molecule has 128 valence electrons. The van der Waals surface area contributed by atoms with Gasteiger partial charge in [-0.1, -0.05) is 0 Å². The number of hydrogen-bond acceptors (Lipinski definition) is 8. The molecule has 2 aliphatic rings. The van der Waals surface area contributed by atoms with Crippen molar-refractivity contribution in [3.8, 4) is 0 Å². The first kappa shape index (κ1) is 18.9. The van der Waals surface area contributed by atoms with E-state index in [0.717, 1.165) is 24.3 Å². The van der Waals surface area contributed by atoms with Crippen molar-refractivity contribution in [3.05, 3.63) is 47.3 Å². The molecule has 0 saturated carbocycles. The van der Waals surface area contributed by atoms with Gasteiger partial charge in [-0.05, 0) is 0 Å². The van der Waals surface area contributed by atoms with Crippen LogP contribution in [0.5, 0.6) is 0 Å². The van der Waals surface area contributed by atoms with Crippen LogP contribution in [0, 0.1) is 0 Å². The minimum absolute atomic E-state index is 0.0424. The largest absolute Gasteiger partial charge is 0.493 e. The fourth-order valence-corrected chi connectivity index (χ4v) is 1.68. The monoisotopic (exact) mass is 336 g/mol. The van der Waals surface area contributed by atoms with E-state index in [1.54, 1.807) is 0 Å². The third-order valence-electron chi connectivity index (χ3n) is 2.90. The molecule has 0 N–H and O–H groups in total. The fraction of sp³-hybridized carbons (Fsp3) is 0.250. The fourth-order valence-electron chi connectivity index (χ4n) is 1.68. The number of ether oxygens (including phenoxy) is 4. The van der Waals surface area contributed by atoms with Crippen LogP contribution in [0.3, 0.4) is 0 Å². The highest BCUT2D eigenvalue weighted by Crippen LogP contribution is 2.12. The molecule has 0 aromatic heterocycles. The molecule has 0 amide bonds. The highest BCUT2D eigenvalue weighted by molar-refractivity contribution is 6.18. The minimum atomic E-state index is -0.353. The molecule has 2 rings (SSSR count). The predicted octanol–water partition coefficient (Wildman–Crippen LogP) is 0.398. The molecular weight excluding hydrogens is 320 g/mol. The van der Waals surface area contributed by atoms with Crippen molar-refractivity contribution in [1.29, 1.82) is 0 Å². The van der Waals surface area contributed by atoms with Crippen LogP contribution in [-0.4, -0.2) is 51.6 Å². The molecule has 0 fully saturated rings. The van der Waals surface area contributed by atoms with Crippen LogP contribution in [0.25, 0.3) is 0 Å². The number of ketones is 4. The van der Waals surface area contributed by atoms with E-state index < -0.39 is 0 Å². The third-order valence-corrected chi connectivity index (χ3v) is 2.90. The zero-order chi connectivity index (χ0) is 18.3. The van der Waals surface area contributed by atoms with Crippen LogP contribution in [0.15, 0.2) is 47.3 Å². The molecule has 2 aliphatic carbocycles. The zero-order valence-electron chi connectivity index (χ0n) is 13.6. The van der Waals surface area contributed by atoms with E-state index in [-0.39, 0.29) is 46.2 Å². The van der Waals surface area contributed by atoms with Crippen LogP contribution < -0.4 is 0 Å². The minimum Gasteiger partial charge on any atom is -0.493 e. The summed E-state index contributed by atoms with van der Waals surface area (Å²) >= 11 is 0. The lowest BCUT2D eigenvalue weighted by molar-refractivity contribution is -0.119. The Morgan fingerprint density at radius 2 is 0.625 bits per heavy atom. The van der Waals surface area contributed by atoms with E-state index in [9.17, 15) is 19.2 Å². The number of hydrogen-bond donors (Lipinski definition) is 0. The lowest BCUT2D eigenvalue weighted by atomic mass is 10.1. The number of allylic oxidation sites excluding steroid dienone is 4. The van der Waals surface area contributed by atoms with Crippen molar-refractivity contribution in [2.75, 3.05) is 28.4 Å². The van der Waals surface area contributed by atoms with E-state index >= 15 is 0 Å². The third kappa shape index (κ3) is 4.42. The lowest BCUT2D eigenvalue weighted by Gasteiger charge is -2.09. The maximum Gasteiger partial charge on any atom is 0.224 e. The maximum absolute atomic E-state index is 11.0. The Kier molecular flexibility index (Phi) is 6.66. The second-order valence-electron chi connectivity index (χ2n) is 4.31. The first-order valence-corrected chi connectivity index (χ1v) is 6.58. The summed E-state index contributed by atoms with van der Waals surface area (Å²) in [4.78, 5) is 44.2. The second-order valence-corrected chi connectivity index (χ2v) is 4.31. The number of methoxy groups -OCH3 is 4. The van der Waals surface area contributed by atoms with Crippen molar-refractivity contribution < 1.29 is 38.1 Å². The summed E-state index contributed by atoms with van der Waals surface area (Å²) in [7, 11) is 5.34. The summed E-state index contributed by atoms with van der Waals surface area (Å²) in [5.41, 5.74) is 0. The predicted molar refractivity (Wildman–Crippen MR) is 80.4 cm³/mol. The molecule has 0 atom stereocenters. The molecule has 0 aliphatic heterocycles. The quantitative estimate of drug-likeness (QED) is 0.679. The van der Waals surface area contributed by atoms with Crippen molar-refractivity contribution in [1.82, 2.24) is 0 Å². The second kappa shape index (κ2) is 8.47. The van der Waals surface area contributed by atoms with Gasteiger partial charge in [0.1, 0.15) is 0 Å². The smallest absolute Gasteiger partial charge is 0.224 e. The van der Waals surface area contributed by atoms with Crippen LogP contribution in [-0.2, 0) is 38.1 Å². The van der Waals surface area contributed by atoms with Crippen molar-refractivity contribution >= 4 is 23.1 Å². The molecule has 0 aromatic carbocycles. The molecule has 0 heterocycles. The molecule has 8 heteroatoms. The van der Waals surface area contributed by atoms with Crippen LogP contribution in [0.4, 0.5) is 0 Å². The Morgan fingerprint density at radius 3 is 0.750 bits per heavy atom. The summed E-state index contributed by atoms with van der Waals surface area (Å²) < 4.78 is 18.6. The highest BCUT2D eigenvalue weighted by atomic mass is 16.5. The lowest BCUT2D eigenvalue weighted by Crippen LogP contribution is -2.15. The summed E-state index contributed by atoms with van der Waals surface area (Å²) in [6.45, 7) is 0. The van der Waals surface area contributed by atoms with Gasteiger partial charge in [0.05, 0.1) is 28.4 Å². The van der Waals surface area contributed by atoms with Crippen molar-refractivity contribution in [3.63, 3.8) is 0 Å². The summed E-state index contributed by atoms with van der Waals surface area (Å²) in [6.07, 6.45) is 4.45. The molecule has 0 spiro atoms. The van der Waals surface area contributed by atoms with Gasteiger partial charge in [0.15, 0.2) is 23.0 Å². The summed E-state index contributed by atoms with van der Waals surface area (Å²) in [5, 5.41) is 0. The molecule has 0 saturated heterocycles. The molecule has 24 heavy (non-hydrogen) atoms. The van der Waals surface area contributed by atoms with Crippen molar-refractivity contribution in [2.45, 2.75) is 0 Å². The Bertz CT molecular complexity index is 571. The molecule has 0 aromatic rings. The number of carbonyl (C=O) groups excluding carboxylic acids is 4. The van der Waals surface area contributed by atoms with Gasteiger partial charge in [-0.25, -0.2) is 0 Å². The number of rotatable bonds is 4. The molecule has 0 unspecified atom stereocenters. The first-order chi connectivity index (χ1) is 11.4. The van der Waals surface area contributed by atoms with Crippen molar-refractivity contribution in [2.24, 2.45) is 0 Å². The highest BCUT2D eigenvalue weighted by Gasteiger charge is 2.21. The van der Waals surface area contributed by atoms with Gasteiger partial charge in [-0.15, -0.1) is 0 Å². The van der Waals surface area contributed by atoms with Gasteiger partial charge >= 0.3 is 0 Å². The van der Waals surface area contributed by atoms with E-state index in [0.29, 0.717) is 0 Å². The van der Waals surface area contributed by atoms with Gasteiger partial charge in [-0.2, -0.15) is 0 Å². The van der Waals surface area contributed by atoms with E-state index in [1.807, 2.05) is 0 Å². The SMILES string of the molecule is COC1=CC(=O)C(OC)=CC1=O.COC1=CC(=O)C(OC)=CC1=O. The average molecular weight is 336 g/mol. The van der Waals surface area contributed by atoms with Gasteiger partial charge in [-0.3, -0.25) is 19.2 Å². The van der Waals surface area contributed by atoms with E-state index in [1.165, 1.54) is 28.4 Å². The van der Waals surface area contributed by atoms with E-state index in [2.05, 4.69) is 18.9 Å².